The molecule has 0 amide bonds. The van der Waals surface area contributed by atoms with E-state index in [0.717, 1.165) is 40.3 Å². The molecule has 0 radical (unpaired) electrons. The number of nitrogens with two attached hydrogens (primary N) is 1. The Morgan fingerprint density at radius 2 is 2.00 bits per heavy atom. The van der Waals surface area contributed by atoms with Crippen LogP contribution >= 0.6 is 11.5 Å². The van der Waals surface area contributed by atoms with Crippen molar-refractivity contribution in [1.82, 2.24) is 13.8 Å². The number of hydrogen-bond donors (Lipinski definition) is 1. The molecule has 0 aliphatic carbocycles. The standard InChI is InChI=1S/C16H13N5O3S2/c1-8-10(9-5-3-4-6-12(9)18-8)7-11-13(17)21-15(19-14(11)22)25-20-16(21)26(2,23)24/h3-7H,17H2,1-2H3/b10-7-. The number of allylic oxidation sites excluding steroid dienone is 1. The Bertz CT molecular complexity index is 1300. The fourth-order valence-electron chi connectivity index (χ4n) is 2.83. The molecule has 1 aliphatic rings. The van der Waals surface area contributed by atoms with E-state index in [1.165, 1.54) is 4.40 Å². The third kappa shape index (κ3) is 2.45. The molecule has 0 unspecified atom stereocenters. The van der Waals surface area contributed by atoms with E-state index in [9.17, 15) is 13.2 Å². The lowest BCUT2D eigenvalue weighted by Crippen LogP contribution is -2.18. The molecular weight excluding hydrogens is 374 g/mol. The average Bonchev–Trinajstić information content (AvgIpc) is 3.12. The number of aliphatic imine (C=N–C) groups is 1. The molecule has 0 spiro atoms. The van der Waals surface area contributed by atoms with Gasteiger partial charge >= 0.3 is 0 Å². The number of fused-ring (bicyclic) bond motifs is 2. The topological polar surface area (TPSA) is 120 Å². The van der Waals surface area contributed by atoms with Gasteiger partial charge in [0, 0.05) is 34.6 Å². The van der Waals surface area contributed by atoms with Gasteiger partial charge in [-0.15, -0.1) is 0 Å². The second kappa shape index (κ2) is 5.58. The normalized spacial score (nSPS) is 15.5. The third-order valence-corrected chi connectivity index (χ3v) is 5.78. The van der Waals surface area contributed by atoms with E-state index in [1.54, 1.807) is 6.08 Å². The zero-order valence-corrected chi connectivity index (χ0v) is 15.4. The molecule has 2 N–H and O–H groups in total. The third-order valence-electron chi connectivity index (χ3n) is 4.02. The minimum absolute atomic E-state index is 0.0149. The van der Waals surface area contributed by atoms with E-state index >= 15 is 0 Å². The molecule has 0 fully saturated rings. The lowest BCUT2D eigenvalue weighted by molar-refractivity contribution is 0.593. The molecule has 1 aromatic carbocycles. The molecule has 10 heteroatoms. The first-order chi connectivity index (χ1) is 12.3. The Balaban J connectivity index is 2.02. The first kappa shape index (κ1) is 16.6. The summed E-state index contributed by atoms with van der Waals surface area (Å²) in [5, 5.41) is -0.237. The summed E-state index contributed by atoms with van der Waals surface area (Å²) in [6, 6.07) is 7.53. The molecule has 0 bridgehead atoms. The molecule has 0 saturated carbocycles. The maximum atomic E-state index is 12.5. The minimum atomic E-state index is -3.63. The van der Waals surface area contributed by atoms with Crippen molar-refractivity contribution in [2.45, 2.75) is 12.1 Å². The van der Waals surface area contributed by atoms with Gasteiger partial charge in [-0.05, 0) is 19.1 Å². The van der Waals surface area contributed by atoms with E-state index in [-0.39, 0.29) is 21.5 Å². The average molecular weight is 387 g/mol. The maximum absolute atomic E-state index is 12.5. The van der Waals surface area contributed by atoms with Crippen molar-refractivity contribution in [3.05, 3.63) is 45.7 Å². The monoisotopic (exact) mass is 387 g/mol. The first-order valence-corrected chi connectivity index (χ1v) is 10.2. The van der Waals surface area contributed by atoms with Gasteiger partial charge < -0.3 is 5.73 Å². The molecule has 132 valence electrons. The summed E-state index contributed by atoms with van der Waals surface area (Å²) in [4.78, 5) is 21.0. The molecule has 4 rings (SSSR count). The van der Waals surface area contributed by atoms with E-state index in [1.807, 2.05) is 31.2 Å². The number of para-hydroxylation sites is 1. The van der Waals surface area contributed by atoms with Crippen molar-refractivity contribution in [3.8, 4) is 0 Å². The van der Waals surface area contributed by atoms with Crippen LogP contribution in [0.3, 0.4) is 0 Å². The molecule has 3 aromatic rings. The number of anilines is 1. The van der Waals surface area contributed by atoms with Gasteiger partial charge in [0.25, 0.3) is 5.56 Å². The Morgan fingerprint density at radius 1 is 1.27 bits per heavy atom. The molecular formula is C16H13N5O3S2. The lowest BCUT2D eigenvalue weighted by atomic mass is 10.0. The smallest absolute Gasteiger partial charge is 0.283 e. The number of sulfone groups is 1. The largest absolute Gasteiger partial charge is 0.384 e. The van der Waals surface area contributed by atoms with Crippen LogP contribution < -0.4 is 11.3 Å². The van der Waals surface area contributed by atoms with Crippen LogP contribution in [0.15, 0.2) is 39.2 Å². The number of aromatic nitrogens is 3. The second-order valence-corrected chi connectivity index (χ2v) is 8.48. The van der Waals surface area contributed by atoms with Gasteiger partial charge in [-0.25, -0.2) is 12.8 Å². The Hall–Kier alpha value is -2.85. The Labute approximate surface area is 152 Å². The number of nitrogen functional groups attached to an aromatic ring is 1. The summed E-state index contributed by atoms with van der Waals surface area (Å²) in [5.74, 6) is -0.0149. The predicted octanol–water partition coefficient (Wildman–Crippen LogP) is 1.78. The molecule has 1 aliphatic heterocycles. The van der Waals surface area contributed by atoms with Crippen molar-refractivity contribution in [2.75, 3.05) is 12.0 Å². The van der Waals surface area contributed by atoms with E-state index in [0.29, 0.717) is 0 Å². The Kier molecular flexibility index (Phi) is 3.56. The van der Waals surface area contributed by atoms with E-state index in [4.69, 9.17) is 5.73 Å². The van der Waals surface area contributed by atoms with Crippen LogP contribution in [0, 0.1) is 0 Å². The highest BCUT2D eigenvalue weighted by atomic mass is 32.2. The van der Waals surface area contributed by atoms with Gasteiger partial charge in [-0.2, -0.15) is 9.36 Å². The van der Waals surface area contributed by atoms with Crippen molar-refractivity contribution in [3.63, 3.8) is 0 Å². The van der Waals surface area contributed by atoms with Crippen LogP contribution in [0.4, 0.5) is 11.5 Å². The Morgan fingerprint density at radius 3 is 2.73 bits per heavy atom. The maximum Gasteiger partial charge on any atom is 0.283 e. The summed E-state index contributed by atoms with van der Waals surface area (Å²) in [6.45, 7) is 1.83. The van der Waals surface area contributed by atoms with Crippen LogP contribution in [0.2, 0.25) is 0 Å². The van der Waals surface area contributed by atoms with E-state index in [2.05, 4.69) is 14.3 Å². The van der Waals surface area contributed by atoms with E-state index < -0.39 is 15.4 Å². The molecule has 2 aromatic heterocycles. The SMILES string of the molecule is CC1=Nc2ccccc2/C1=C\c1c(N)n2c(S(C)(=O)=O)nsc2nc1=O. The summed E-state index contributed by atoms with van der Waals surface area (Å²) < 4.78 is 29.0. The lowest BCUT2D eigenvalue weighted by Gasteiger charge is -2.07. The van der Waals surface area contributed by atoms with Crippen LogP contribution in [0.1, 0.15) is 18.1 Å². The predicted molar refractivity (Wildman–Crippen MR) is 102 cm³/mol. The summed E-state index contributed by atoms with van der Waals surface area (Å²) in [6.07, 6.45) is 2.63. The van der Waals surface area contributed by atoms with Gasteiger partial charge in [0.2, 0.25) is 20.0 Å². The molecule has 26 heavy (non-hydrogen) atoms. The summed E-state index contributed by atoms with van der Waals surface area (Å²) >= 11 is 0.808. The van der Waals surface area contributed by atoms with Gasteiger partial charge in [0.1, 0.15) is 5.82 Å². The minimum Gasteiger partial charge on any atom is -0.384 e. The van der Waals surface area contributed by atoms with Crippen molar-refractivity contribution in [1.29, 1.82) is 0 Å². The van der Waals surface area contributed by atoms with Crippen LogP contribution in [-0.4, -0.2) is 34.1 Å². The highest BCUT2D eigenvalue weighted by molar-refractivity contribution is 7.90. The highest BCUT2D eigenvalue weighted by Crippen LogP contribution is 2.35. The molecule has 3 heterocycles. The van der Waals surface area contributed by atoms with Crippen LogP contribution in [0.5, 0.6) is 0 Å². The van der Waals surface area contributed by atoms with Crippen molar-refractivity contribution in [2.24, 2.45) is 4.99 Å². The zero-order valence-electron chi connectivity index (χ0n) is 13.8. The number of hydrogen-bond acceptors (Lipinski definition) is 8. The van der Waals surface area contributed by atoms with Crippen LogP contribution in [-0.2, 0) is 9.84 Å². The quantitative estimate of drug-likeness (QED) is 0.716. The highest BCUT2D eigenvalue weighted by Gasteiger charge is 2.23. The summed E-state index contributed by atoms with van der Waals surface area (Å²) in [5.41, 5.74) is 8.87. The number of rotatable bonds is 2. The molecule has 0 atom stereocenters. The fraction of sp³-hybridized carbons (Fsp3) is 0.125. The fourth-order valence-corrected chi connectivity index (χ4v) is 4.69. The van der Waals surface area contributed by atoms with Crippen molar-refractivity contribution >= 4 is 55.2 Å². The summed E-state index contributed by atoms with van der Waals surface area (Å²) in [7, 11) is -3.63. The zero-order chi connectivity index (χ0) is 18.6. The van der Waals surface area contributed by atoms with Gasteiger partial charge in [-0.3, -0.25) is 9.79 Å². The number of benzene rings is 1. The van der Waals surface area contributed by atoms with Gasteiger partial charge in [0.05, 0.1) is 11.3 Å². The molecule has 0 saturated heterocycles. The van der Waals surface area contributed by atoms with Gasteiger partial charge in [0.15, 0.2) is 0 Å². The second-order valence-electron chi connectivity index (χ2n) is 5.84. The van der Waals surface area contributed by atoms with Gasteiger partial charge in [-0.1, -0.05) is 18.2 Å². The van der Waals surface area contributed by atoms with Crippen LogP contribution in [0.25, 0.3) is 16.6 Å². The van der Waals surface area contributed by atoms with Crippen molar-refractivity contribution < 1.29 is 8.42 Å². The molecule has 8 nitrogen and oxygen atoms in total. The first-order valence-electron chi connectivity index (χ1n) is 7.52. The number of nitrogens with zero attached hydrogens (tertiary/aromatic N) is 4.